The Bertz CT molecular complexity index is 2200. The van der Waals surface area contributed by atoms with E-state index in [2.05, 4.69) is 49.5 Å². The molecule has 9 atom stereocenters. The van der Waals surface area contributed by atoms with Crippen LogP contribution in [0.4, 0.5) is 5.69 Å². The molecule has 0 bridgehead atoms. The molecule has 0 spiro atoms. The van der Waals surface area contributed by atoms with Crippen LogP contribution in [0.2, 0.25) is 0 Å². The summed E-state index contributed by atoms with van der Waals surface area (Å²) in [5.41, 5.74) is 25.5. The van der Waals surface area contributed by atoms with Gasteiger partial charge in [0.2, 0.25) is 35.4 Å². The molecule has 1 saturated heterocycles. The third-order valence-corrected chi connectivity index (χ3v) is 13.4. The van der Waals surface area contributed by atoms with Crippen molar-refractivity contribution in [1.82, 2.24) is 37.2 Å². The van der Waals surface area contributed by atoms with Gasteiger partial charge in [0.25, 0.3) is 5.91 Å². The average Bonchev–Trinajstić information content (AvgIpc) is 3.39. The maximum atomic E-state index is 14.5. The third-order valence-electron chi connectivity index (χ3n) is 13.4. The lowest BCUT2D eigenvalue weighted by molar-refractivity contribution is -0.136. The second kappa shape index (κ2) is 35.2. The second-order valence-corrected chi connectivity index (χ2v) is 20.4. The monoisotopic (exact) mass is 1080 g/mol. The molecular formula is C55H88N12O10. The predicted molar refractivity (Wildman–Crippen MR) is 294 cm³/mol. The number of hydrogen-bond donors (Lipinski definition) is 13. The number of rotatable bonds is 25. The van der Waals surface area contributed by atoms with Gasteiger partial charge in [0.1, 0.15) is 24.2 Å². The SMILES string of the molecule is CCCCCCCNc1ccc(C(=O)N[C@H](CCN)C(=O)C[C@H]2CCNC(=O)[C@H]([C@@H](C)O)NC(=O)[C@H](CCN)NC(=O)[C@H](CCN)NC(=O)[C@H](CC(C)C)NC(=O)[C@@H](Cc3ccccc3)CC(=O)[C@H](CCN)NC2=O)cc1. The van der Waals surface area contributed by atoms with Crippen molar-refractivity contribution in [2.75, 3.05) is 44.6 Å². The molecule has 2 aromatic rings. The van der Waals surface area contributed by atoms with Crippen LogP contribution in [0.25, 0.3) is 0 Å². The van der Waals surface area contributed by atoms with Gasteiger partial charge >= 0.3 is 0 Å². The smallest absolute Gasteiger partial charge is 0.251 e. The Labute approximate surface area is 453 Å². The number of unbranched alkanes of at least 4 members (excludes halogenated alkanes) is 4. The number of aliphatic hydroxyl groups is 1. The van der Waals surface area contributed by atoms with E-state index in [1.165, 1.54) is 19.8 Å². The van der Waals surface area contributed by atoms with Crippen LogP contribution in [-0.4, -0.2) is 140 Å². The first-order chi connectivity index (χ1) is 36.8. The van der Waals surface area contributed by atoms with Crippen LogP contribution < -0.4 is 65.5 Å². The standard InChI is InChI=1S/C55H88N12O10/c1-5-6-7-8-12-28-60-40-17-15-37(16-18-40)49(71)62-41(19-24-56)46(69)32-38-23-29-61-55(77)48(35(4)68)67-53(75)44(22-27-59)64-52(74)43(21-26-58)65-54(76)45(30-34(2)3)66-51(73)39(31-36-13-10-9-11-14-36)33-47(70)42(20-25-57)63-50(38)72/h9-11,13-18,34-35,38-39,41-45,48,60,68H,5-8,12,19-33,56-59H2,1-4H3,(H,61,77)(H,62,71)(H,63,72)(H,64,74)(H,65,76)(H,66,73)(H,67,75)/t35-,38-,39+,41-,42+,43+,44+,45+,48+/m1/s1. The molecule has 0 unspecified atom stereocenters. The molecule has 1 aliphatic heterocycles. The van der Waals surface area contributed by atoms with Crippen molar-refractivity contribution in [3.63, 3.8) is 0 Å². The molecule has 1 heterocycles. The first-order valence-electron chi connectivity index (χ1n) is 27.4. The van der Waals surface area contributed by atoms with E-state index in [1.807, 2.05) is 13.8 Å². The Kier molecular flexibility index (Phi) is 29.7. The summed E-state index contributed by atoms with van der Waals surface area (Å²) in [6, 6.07) is 7.87. The summed E-state index contributed by atoms with van der Waals surface area (Å²) in [6.45, 7) is 7.34. The zero-order chi connectivity index (χ0) is 56.9. The van der Waals surface area contributed by atoms with Crippen LogP contribution in [0.5, 0.6) is 0 Å². The van der Waals surface area contributed by atoms with Crippen LogP contribution in [-0.2, 0) is 44.8 Å². The normalized spacial score (nSPS) is 22.6. The molecule has 3 rings (SSSR count). The van der Waals surface area contributed by atoms with Gasteiger partial charge in [0.15, 0.2) is 11.6 Å². The molecule has 0 radical (unpaired) electrons. The Balaban J connectivity index is 2.05. The van der Waals surface area contributed by atoms with Gasteiger partial charge in [-0.2, -0.15) is 0 Å². The first kappa shape index (κ1) is 65.0. The van der Waals surface area contributed by atoms with Gasteiger partial charge < -0.3 is 70.6 Å². The van der Waals surface area contributed by atoms with E-state index in [-0.39, 0.29) is 89.2 Å². The van der Waals surface area contributed by atoms with Crippen LogP contribution in [0.3, 0.4) is 0 Å². The quantitative estimate of drug-likeness (QED) is 0.0596. The predicted octanol–water partition coefficient (Wildman–Crippen LogP) is 0.327. The minimum absolute atomic E-state index is 0.00500. The fourth-order valence-corrected chi connectivity index (χ4v) is 8.99. The highest BCUT2D eigenvalue weighted by atomic mass is 16.3. The van der Waals surface area contributed by atoms with Crippen molar-refractivity contribution in [3.8, 4) is 0 Å². The van der Waals surface area contributed by atoms with Gasteiger partial charge in [-0.05, 0) is 120 Å². The maximum absolute atomic E-state index is 14.5. The van der Waals surface area contributed by atoms with Crippen LogP contribution in [0.15, 0.2) is 54.6 Å². The lowest BCUT2D eigenvalue weighted by atomic mass is 9.89. The van der Waals surface area contributed by atoms with E-state index < -0.39 is 120 Å². The van der Waals surface area contributed by atoms with E-state index in [4.69, 9.17) is 22.9 Å². The fourth-order valence-electron chi connectivity index (χ4n) is 8.99. The van der Waals surface area contributed by atoms with Gasteiger partial charge in [0, 0.05) is 49.0 Å². The van der Waals surface area contributed by atoms with Crippen LogP contribution in [0.1, 0.15) is 127 Å². The van der Waals surface area contributed by atoms with Gasteiger partial charge in [-0.1, -0.05) is 76.8 Å². The third kappa shape index (κ3) is 23.0. The Morgan fingerprint density at radius 3 is 1.79 bits per heavy atom. The van der Waals surface area contributed by atoms with Gasteiger partial charge in [-0.25, -0.2) is 0 Å². The average molecular weight is 1080 g/mol. The van der Waals surface area contributed by atoms with Crippen molar-refractivity contribution in [2.24, 2.45) is 40.7 Å². The molecule has 1 fully saturated rings. The number of carbonyl (C=O) groups excluding carboxylic acids is 9. The largest absolute Gasteiger partial charge is 0.391 e. The summed E-state index contributed by atoms with van der Waals surface area (Å²) in [7, 11) is 0. The molecule has 22 nitrogen and oxygen atoms in total. The second-order valence-electron chi connectivity index (χ2n) is 20.4. The minimum Gasteiger partial charge on any atom is -0.391 e. The topological polar surface area (TPSA) is 374 Å². The van der Waals surface area contributed by atoms with E-state index in [0.717, 1.165) is 31.5 Å². The molecule has 17 N–H and O–H groups in total. The zero-order valence-corrected chi connectivity index (χ0v) is 45.5. The number of hydrogen-bond acceptors (Lipinski definition) is 15. The number of ketones is 2. The van der Waals surface area contributed by atoms with Gasteiger partial charge in [0.05, 0.1) is 18.2 Å². The van der Waals surface area contributed by atoms with Crippen LogP contribution in [0, 0.1) is 17.8 Å². The van der Waals surface area contributed by atoms with Crippen molar-refractivity contribution in [3.05, 3.63) is 65.7 Å². The van der Waals surface area contributed by atoms with E-state index in [1.54, 1.807) is 54.6 Å². The number of nitrogens with one attached hydrogen (secondary N) is 8. The van der Waals surface area contributed by atoms with E-state index >= 15 is 0 Å². The lowest BCUT2D eigenvalue weighted by Gasteiger charge is -2.28. The molecule has 1 aliphatic rings. The van der Waals surface area contributed by atoms with Crippen molar-refractivity contribution < 1.29 is 48.3 Å². The number of benzene rings is 2. The summed E-state index contributed by atoms with van der Waals surface area (Å²) in [5.74, 6) is -8.88. The molecule has 7 amide bonds. The summed E-state index contributed by atoms with van der Waals surface area (Å²) in [5, 5.41) is 32.8. The maximum Gasteiger partial charge on any atom is 0.251 e. The number of amides is 7. The lowest BCUT2D eigenvalue weighted by Crippen LogP contribution is -2.60. The van der Waals surface area contributed by atoms with Crippen molar-refractivity contribution in [1.29, 1.82) is 0 Å². The summed E-state index contributed by atoms with van der Waals surface area (Å²) >= 11 is 0. The highest BCUT2D eigenvalue weighted by Crippen LogP contribution is 2.20. The highest BCUT2D eigenvalue weighted by molar-refractivity contribution is 6.00. The minimum atomic E-state index is -1.59. The van der Waals surface area contributed by atoms with Crippen LogP contribution >= 0.6 is 0 Å². The molecule has 0 aromatic heterocycles. The highest BCUT2D eigenvalue weighted by Gasteiger charge is 2.36. The molecule has 22 heteroatoms. The summed E-state index contributed by atoms with van der Waals surface area (Å²) < 4.78 is 0. The Morgan fingerprint density at radius 2 is 1.21 bits per heavy atom. The van der Waals surface area contributed by atoms with E-state index in [0.29, 0.717) is 5.56 Å². The number of carbonyl (C=O) groups is 9. The number of Topliss-reactive ketones (excluding diaryl/α,β-unsaturated/α-hetero) is 2. The number of nitrogens with two attached hydrogens (primary N) is 4. The molecular weight excluding hydrogens is 989 g/mol. The Hall–Kier alpha value is -6.33. The molecule has 0 aliphatic carbocycles. The van der Waals surface area contributed by atoms with Crippen molar-refractivity contribution in [2.45, 2.75) is 160 Å². The first-order valence-corrected chi connectivity index (χ1v) is 27.4. The molecule has 2 aromatic carbocycles. The molecule has 77 heavy (non-hydrogen) atoms. The van der Waals surface area contributed by atoms with Crippen molar-refractivity contribution >= 4 is 58.6 Å². The fraction of sp³-hybridized carbons (Fsp3) is 0.618. The Morgan fingerprint density at radius 1 is 0.649 bits per heavy atom. The molecule has 428 valence electrons. The number of anilines is 1. The van der Waals surface area contributed by atoms with E-state index in [9.17, 15) is 48.3 Å². The summed E-state index contributed by atoms with van der Waals surface area (Å²) in [6.07, 6.45) is 2.96. The number of aliphatic hydroxyl groups excluding tert-OH is 1. The molecule has 0 saturated carbocycles. The summed E-state index contributed by atoms with van der Waals surface area (Å²) in [4.78, 5) is 127. The van der Waals surface area contributed by atoms with Gasteiger partial charge in [-0.3, -0.25) is 43.2 Å². The zero-order valence-electron chi connectivity index (χ0n) is 45.5. The van der Waals surface area contributed by atoms with Gasteiger partial charge in [-0.15, -0.1) is 0 Å².